The van der Waals surface area contributed by atoms with Crippen molar-refractivity contribution in [2.24, 2.45) is 5.73 Å². The number of nitrogens with one attached hydrogen (secondary N) is 2. The van der Waals surface area contributed by atoms with E-state index in [1.54, 1.807) is 0 Å². The Morgan fingerprint density at radius 3 is 2.53 bits per heavy atom. The zero-order valence-corrected chi connectivity index (χ0v) is 11.8. The quantitative estimate of drug-likeness (QED) is 0.660. The molecule has 2 unspecified atom stereocenters. The Morgan fingerprint density at radius 1 is 1.35 bits per heavy atom. The summed E-state index contributed by atoms with van der Waals surface area (Å²) in [6, 6.07) is 0.701. The Morgan fingerprint density at radius 2 is 2.00 bits per heavy atom. The van der Waals surface area contributed by atoms with Crippen LogP contribution in [-0.4, -0.2) is 38.8 Å². The molecule has 4 N–H and O–H groups in total. The summed E-state index contributed by atoms with van der Waals surface area (Å²) in [5.41, 5.74) is 5.45. The summed E-state index contributed by atoms with van der Waals surface area (Å²) in [7, 11) is -3.16. The van der Waals surface area contributed by atoms with Gasteiger partial charge in [-0.25, -0.2) is 13.1 Å². The van der Waals surface area contributed by atoms with Gasteiger partial charge in [0.1, 0.15) is 0 Å². The minimum Gasteiger partial charge on any atom is -0.328 e. The zero-order valence-electron chi connectivity index (χ0n) is 11.0. The maximum atomic E-state index is 11.2. The number of nitrogens with two attached hydrogens (primary N) is 1. The number of rotatable bonds is 5. The van der Waals surface area contributed by atoms with Gasteiger partial charge in [0.25, 0.3) is 0 Å². The Labute approximate surface area is 105 Å². The summed E-state index contributed by atoms with van der Waals surface area (Å²) in [6.45, 7) is 4.38. The van der Waals surface area contributed by atoms with Crippen LogP contribution in [0.4, 0.5) is 0 Å². The lowest BCUT2D eigenvalue weighted by molar-refractivity contribution is 0.309. The van der Waals surface area contributed by atoms with Crippen molar-refractivity contribution >= 4 is 10.0 Å². The van der Waals surface area contributed by atoms with E-state index in [-0.39, 0.29) is 6.04 Å². The first-order chi connectivity index (χ1) is 7.68. The van der Waals surface area contributed by atoms with Gasteiger partial charge in [0, 0.05) is 24.2 Å². The summed E-state index contributed by atoms with van der Waals surface area (Å²) in [6.07, 6.45) is 5.55. The summed E-state index contributed by atoms with van der Waals surface area (Å²) >= 11 is 0. The van der Waals surface area contributed by atoms with Gasteiger partial charge in [-0.2, -0.15) is 0 Å². The Bertz CT molecular complexity index is 341. The van der Waals surface area contributed by atoms with E-state index in [9.17, 15) is 8.42 Å². The van der Waals surface area contributed by atoms with Gasteiger partial charge in [0.2, 0.25) is 10.0 Å². The van der Waals surface area contributed by atoms with Gasteiger partial charge in [0.15, 0.2) is 0 Å². The van der Waals surface area contributed by atoms with Crippen molar-refractivity contribution in [1.82, 2.24) is 10.0 Å². The van der Waals surface area contributed by atoms with Crippen molar-refractivity contribution in [1.29, 1.82) is 0 Å². The topological polar surface area (TPSA) is 84.2 Å². The third-order valence-electron chi connectivity index (χ3n) is 3.01. The molecule has 0 aromatic carbocycles. The highest BCUT2D eigenvalue weighted by molar-refractivity contribution is 7.88. The normalized spacial score (nSPS) is 27.1. The molecule has 1 saturated carbocycles. The number of hydrogen-bond donors (Lipinski definition) is 3. The van der Waals surface area contributed by atoms with Crippen LogP contribution in [0.5, 0.6) is 0 Å². The molecule has 0 heterocycles. The SMILES string of the molecule is CC(C)(CNC1CCCC(N)C1)NS(C)(=O)=O. The fourth-order valence-corrected chi connectivity index (χ4v) is 3.43. The van der Waals surface area contributed by atoms with Crippen molar-refractivity contribution in [3.05, 3.63) is 0 Å². The minimum atomic E-state index is -3.16. The monoisotopic (exact) mass is 263 g/mol. The van der Waals surface area contributed by atoms with E-state index in [2.05, 4.69) is 10.0 Å². The first-order valence-corrected chi connectivity index (χ1v) is 8.05. The smallest absolute Gasteiger partial charge is 0.209 e. The zero-order chi connectivity index (χ0) is 13.1. The summed E-state index contributed by atoms with van der Waals surface area (Å²) in [5, 5.41) is 3.41. The Kier molecular flexibility index (Phi) is 4.95. The third kappa shape index (κ3) is 6.35. The molecule has 1 aliphatic rings. The largest absolute Gasteiger partial charge is 0.328 e. The van der Waals surface area contributed by atoms with Crippen LogP contribution in [0.3, 0.4) is 0 Å². The van der Waals surface area contributed by atoms with E-state index >= 15 is 0 Å². The van der Waals surface area contributed by atoms with Gasteiger partial charge >= 0.3 is 0 Å². The Hall–Kier alpha value is -0.170. The predicted molar refractivity (Wildman–Crippen MR) is 70.3 cm³/mol. The fourth-order valence-electron chi connectivity index (χ4n) is 2.35. The van der Waals surface area contributed by atoms with Crippen LogP contribution < -0.4 is 15.8 Å². The molecule has 0 radical (unpaired) electrons. The average Bonchev–Trinajstić information content (AvgIpc) is 2.11. The van der Waals surface area contributed by atoms with Gasteiger partial charge in [-0.1, -0.05) is 6.42 Å². The number of hydrogen-bond acceptors (Lipinski definition) is 4. The van der Waals surface area contributed by atoms with E-state index in [1.807, 2.05) is 13.8 Å². The van der Waals surface area contributed by atoms with E-state index < -0.39 is 15.6 Å². The second kappa shape index (κ2) is 5.65. The van der Waals surface area contributed by atoms with Crippen molar-refractivity contribution < 1.29 is 8.42 Å². The van der Waals surface area contributed by atoms with E-state index in [4.69, 9.17) is 5.73 Å². The first-order valence-electron chi connectivity index (χ1n) is 6.16. The molecule has 0 amide bonds. The van der Waals surface area contributed by atoms with Crippen molar-refractivity contribution in [3.8, 4) is 0 Å². The molecular formula is C11H25N3O2S. The lowest BCUT2D eigenvalue weighted by Gasteiger charge is -2.32. The highest BCUT2D eigenvalue weighted by Crippen LogP contribution is 2.17. The predicted octanol–water partition coefficient (Wildman–Crippen LogP) is 0.174. The standard InChI is InChI=1S/C11H25N3O2S/c1-11(2,14-17(3,15)16)8-13-10-6-4-5-9(12)7-10/h9-10,13-14H,4-8,12H2,1-3H3. The lowest BCUT2D eigenvalue weighted by atomic mass is 9.91. The molecule has 1 rings (SSSR count). The van der Waals surface area contributed by atoms with E-state index in [0.717, 1.165) is 25.7 Å². The van der Waals surface area contributed by atoms with Crippen LogP contribution in [0.15, 0.2) is 0 Å². The Balaban J connectivity index is 2.38. The molecule has 0 bridgehead atoms. The van der Waals surface area contributed by atoms with Crippen molar-refractivity contribution in [2.45, 2.75) is 57.2 Å². The average molecular weight is 263 g/mol. The molecule has 0 spiro atoms. The van der Waals surface area contributed by atoms with Crippen LogP contribution in [0, 0.1) is 0 Å². The second-order valence-electron chi connectivity index (χ2n) is 5.76. The van der Waals surface area contributed by atoms with Crippen LogP contribution in [0.25, 0.3) is 0 Å². The van der Waals surface area contributed by atoms with Crippen molar-refractivity contribution in [3.63, 3.8) is 0 Å². The molecule has 102 valence electrons. The summed E-state index contributed by atoms with van der Waals surface area (Å²) in [5.74, 6) is 0. The van der Waals surface area contributed by atoms with Crippen LogP contribution in [-0.2, 0) is 10.0 Å². The first kappa shape index (κ1) is 14.9. The van der Waals surface area contributed by atoms with Gasteiger partial charge in [0.05, 0.1) is 6.26 Å². The van der Waals surface area contributed by atoms with Crippen LogP contribution in [0.1, 0.15) is 39.5 Å². The van der Waals surface area contributed by atoms with Gasteiger partial charge in [-0.3, -0.25) is 0 Å². The summed E-state index contributed by atoms with van der Waals surface area (Å²) in [4.78, 5) is 0. The molecule has 0 aliphatic heterocycles. The molecule has 5 nitrogen and oxygen atoms in total. The second-order valence-corrected chi connectivity index (χ2v) is 7.51. The number of sulfonamides is 1. The molecule has 17 heavy (non-hydrogen) atoms. The lowest BCUT2D eigenvalue weighted by Crippen LogP contribution is -2.53. The highest BCUT2D eigenvalue weighted by atomic mass is 32.2. The van der Waals surface area contributed by atoms with Crippen LogP contribution in [0.2, 0.25) is 0 Å². The molecule has 1 aliphatic carbocycles. The highest BCUT2D eigenvalue weighted by Gasteiger charge is 2.25. The molecule has 1 fully saturated rings. The maximum Gasteiger partial charge on any atom is 0.209 e. The van der Waals surface area contributed by atoms with Crippen LogP contribution >= 0.6 is 0 Å². The van der Waals surface area contributed by atoms with E-state index in [1.165, 1.54) is 6.26 Å². The fraction of sp³-hybridized carbons (Fsp3) is 1.00. The molecule has 0 aromatic heterocycles. The minimum absolute atomic E-state index is 0.284. The molecule has 0 aromatic rings. The van der Waals surface area contributed by atoms with Crippen molar-refractivity contribution in [2.75, 3.05) is 12.8 Å². The third-order valence-corrected chi connectivity index (χ3v) is 3.93. The van der Waals surface area contributed by atoms with Gasteiger partial charge in [-0.05, 0) is 33.1 Å². The molecular weight excluding hydrogens is 238 g/mol. The summed E-state index contributed by atoms with van der Waals surface area (Å²) < 4.78 is 25.0. The van der Waals surface area contributed by atoms with E-state index in [0.29, 0.717) is 12.6 Å². The van der Waals surface area contributed by atoms with Gasteiger partial charge in [-0.15, -0.1) is 0 Å². The van der Waals surface area contributed by atoms with Gasteiger partial charge < -0.3 is 11.1 Å². The molecule has 2 atom stereocenters. The maximum absolute atomic E-state index is 11.2. The molecule has 0 saturated heterocycles. The molecule has 6 heteroatoms.